The van der Waals surface area contributed by atoms with Crippen LogP contribution in [0.25, 0.3) is 0 Å². The van der Waals surface area contributed by atoms with Crippen LogP contribution in [-0.2, 0) is 6.54 Å². The Balaban J connectivity index is 2.59. The Bertz CT molecular complexity index is 327. The minimum atomic E-state index is -0.489. The minimum absolute atomic E-state index is 0.134. The van der Waals surface area contributed by atoms with Crippen molar-refractivity contribution in [2.75, 3.05) is 19.7 Å². The Morgan fingerprint density at radius 3 is 2.93 bits per heavy atom. The van der Waals surface area contributed by atoms with E-state index in [1.54, 1.807) is 6.20 Å². The molecule has 0 bridgehead atoms. The standard InChI is InChI=1S/C9H15N3O2S/c1-2-12(3-4-13)6-7-5-11-9(15-7)8(10)14/h5,13H,2-4,6H2,1H3,(H2,10,14). The van der Waals surface area contributed by atoms with Gasteiger partial charge in [-0.3, -0.25) is 9.69 Å². The molecule has 0 aliphatic heterocycles. The number of carbonyl (C=O) groups excluding carboxylic acids is 1. The van der Waals surface area contributed by atoms with Crippen molar-refractivity contribution >= 4 is 17.2 Å². The van der Waals surface area contributed by atoms with Crippen LogP contribution in [0.4, 0.5) is 0 Å². The molecule has 0 aliphatic rings. The summed E-state index contributed by atoms with van der Waals surface area (Å²) in [6.07, 6.45) is 1.66. The zero-order chi connectivity index (χ0) is 11.3. The molecule has 0 spiro atoms. The van der Waals surface area contributed by atoms with E-state index in [0.29, 0.717) is 18.1 Å². The van der Waals surface area contributed by atoms with Crippen LogP contribution in [0.2, 0.25) is 0 Å². The summed E-state index contributed by atoms with van der Waals surface area (Å²) in [5.74, 6) is -0.489. The SMILES string of the molecule is CCN(CCO)Cc1cnc(C(N)=O)s1. The van der Waals surface area contributed by atoms with Crippen molar-refractivity contribution in [3.63, 3.8) is 0 Å². The highest BCUT2D eigenvalue weighted by Crippen LogP contribution is 2.14. The maximum absolute atomic E-state index is 10.8. The van der Waals surface area contributed by atoms with Gasteiger partial charge in [0.05, 0.1) is 6.61 Å². The molecule has 0 aliphatic carbocycles. The summed E-state index contributed by atoms with van der Waals surface area (Å²) in [6, 6.07) is 0. The number of thiazole rings is 1. The van der Waals surface area contributed by atoms with Gasteiger partial charge in [-0.2, -0.15) is 0 Å². The highest BCUT2D eigenvalue weighted by molar-refractivity contribution is 7.13. The van der Waals surface area contributed by atoms with Gasteiger partial charge in [0.25, 0.3) is 5.91 Å². The Morgan fingerprint density at radius 2 is 2.47 bits per heavy atom. The normalized spacial score (nSPS) is 10.9. The molecule has 1 heterocycles. The van der Waals surface area contributed by atoms with E-state index >= 15 is 0 Å². The lowest BCUT2D eigenvalue weighted by Crippen LogP contribution is -2.25. The van der Waals surface area contributed by atoms with E-state index in [0.717, 1.165) is 11.4 Å². The van der Waals surface area contributed by atoms with Gasteiger partial charge in [-0.25, -0.2) is 4.98 Å². The third-order valence-electron chi connectivity index (χ3n) is 2.01. The van der Waals surface area contributed by atoms with Crippen molar-refractivity contribution in [1.82, 2.24) is 9.88 Å². The number of hydrogen-bond donors (Lipinski definition) is 2. The Kier molecular flexibility index (Phi) is 4.67. The molecule has 5 nitrogen and oxygen atoms in total. The van der Waals surface area contributed by atoms with Crippen LogP contribution in [0.1, 0.15) is 21.6 Å². The Hall–Kier alpha value is -0.980. The quantitative estimate of drug-likeness (QED) is 0.722. The number of hydrogen-bond acceptors (Lipinski definition) is 5. The second kappa shape index (κ2) is 5.79. The molecule has 0 saturated carbocycles. The maximum atomic E-state index is 10.8. The van der Waals surface area contributed by atoms with Crippen LogP contribution in [0, 0.1) is 0 Å². The lowest BCUT2D eigenvalue weighted by atomic mass is 10.4. The summed E-state index contributed by atoms with van der Waals surface area (Å²) in [5.41, 5.74) is 5.10. The van der Waals surface area contributed by atoms with E-state index in [1.165, 1.54) is 11.3 Å². The zero-order valence-corrected chi connectivity index (χ0v) is 9.46. The van der Waals surface area contributed by atoms with Crippen molar-refractivity contribution in [2.45, 2.75) is 13.5 Å². The fourth-order valence-corrected chi connectivity index (χ4v) is 2.01. The van der Waals surface area contributed by atoms with Crippen LogP contribution < -0.4 is 5.73 Å². The second-order valence-electron chi connectivity index (χ2n) is 3.09. The summed E-state index contributed by atoms with van der Waals surface area (Å²) >= 11 is 1.30. The summed E-state index contributed by atoms with van der Waals surface area (Å²) in [6.45, 7) is 4.33. The van der Waals surface area contributed by atoms with E-state index < -0.39 is 5.91 Å². The Morgan fingerprint density at radius 1 is 1.73 bits per heavy atom. The van der Waals surface area contributed by atoms with Gasteiger partial charge in [0.2, 0.25) is 0 Å². The molecule has 0 radical (unpaired) electrons. The molecule has 6 heteroatoms. The van der Waals surface area contributed by atoms with Gasteiger partial charge in [0.15, 0.2) is 5.01 Å². The molecule has 1 aromatic rings. The van der Waals surface area contributed by atoms with E-state index in [4.69, 9.17) is 10.8 Å². The van der Waals surface area contributed by atoms with Gasteiger partial charge in [-0.05, 0) is 6.54 Å². The predicted octanol–water partition coefficient (Wildman–Crippen LogP) is 0.0562. The summed E-state index contributed by atoms with van der Waals surface area (Å²) in [5, 5.41) is 9.15. The molecule has 0 atom stereocenters. The molecule has 3 N–H and O–H groups in total. The molecular formula is C9H15N3O2S. The molecule has 0 fully saturated rings. The fraction of sp³-hybridized carbons (Fsp3) is 0.556. The maximum Gasteiger partial charge on any atom is 0.277 e. The highest BCUT2D eigenvalue weighted by Gasteiger charge is 2.09. The molecule has 1 amide bonds. The molecule has 84 valence electrons. The zero-order valence-electron chi connectivity index (χ0n) is 8.64. The van der Waals surface area contributed by atoms with Gasteiger partial charge < -0.3 is 10.8 Å². The van der Waals surface area contributed by atoms with Crippen LogP contribution >= 0.6 is 11.3 Å². The van der Waals surface area contributed by atoms with Crippen LogP contribution in [-0.4, -0.2) is 40.6 Å². The second-order valence-corrected chi connectivity index (χ2v) is 4.20. The third-order valence-corrected chi connectivity index (χ3v) is 3.00. The van der Waals surface area contributed by atoms with Gasteiger partial charge in [-0.15, -0.1) is 11.3 Å². The van der Waals surface area contributed by atoms with Crippen molar-refractivity contribution in [1.29, 1.82) is 0 Å². The molecule has 1 rings (SSSR count). The topological polar surface area (TPSA) is 79.4 Å². The van der Waals surface area contributed by atoms with Gasteiger partial charge >= 0.3 is 0 Å². The predicted molar refractivity (Wildman–Crippen MR) is 58.7 cm³/mol. The molecule has 1 aromatic heterocycles. The monoisotopic (exact) mass is 229 g/mol. The molecule has 15 heavy (non-hydrogen) atoms. The minimum Gasteiger partial charge on any atom is -0.395 e. The van der Waals surface area contributed by atoms with Gasteiger partial charge in [-0.1, -0.05) is 6.92 Å². The number of rotatable bonds is 6. The van der Waals surface area contributed by atoms with Gasteiger partial charge in [0, 0.05) is 24.2 Å². The number of amides is 1. The van der Waals surface area contributed by atoms with Crippen LogP contribution in [0.3, 0.4) is 0 Å². The van der Waals surface area contributed by atoms with E-state index in [2.05, 4.69) is 9.88 Å². The van der Waals surface area contributed by atoms with Crippen molar-refractivity contribution < 1.29 is 9.90 Å². The number of nitrogens with two attached hydrogens (primary N) is 1. The first kappa shape index (κ1) is 12.1. The Labute approximate surface area is 92.5 Å². The highest BCUT2D eigenvalue weighted by atomic mass is 32.1. The van der Waals surface area contributed by atoms with E-state index in [1.807, 2.05) is 6.92 Å². The number of primary amides is 1. The number of aromatic nitrogens is 1. The smallest absolute Gasteiger partial charge is 0.277 e. The van der Waals surface area contributed by atoms with Crippen molar-refractivity contribution in [3.05, 3.63) is 16.1 Å². The summed E-state index contributed by atoms with van der Waals surface area (Å²) in [7, 11) is 0. The number of aliphatic hydroxyl groups is 1. The van der Waals surface area contributed by atoms with Gasteiger partial charge in [0.1, 0.15) is 0 Å². The number of nitrogens with zero attached hydrogens (tertiary/aromatic N) is 2. The number of likely N-dealkylation sites (N-methyl/N-ethyl adjacent to an activating group) is 1. The molecule has 0 unspecified atom stereocenters. The van der Waals surface area contributed by atoms with Crippen molar-refractivity contribution in [3.8, 4) is 0 Å². The fourth-order valence-electron chi connectivity index (χ4n) is 1.21. The van der Waals surface area contributed by atoms with E-state index in [9.17, 15) is 4.79 Å². The number of carbonyl (C=O) groups is 1. The molecule has 0 saturated heterocycles. The lowest BCUT2D eigenvalue weighted by Gasteiger charge is -2.17. The summed E-state index contributed by atoms with van der Waals surface area (Å²) < 4.78 is 0. The largest absolute Gasteiger partial charge is 0.395 e. The lowest BCUT2D eigenvalue weighted by molar-refractivity contribution is 0.1000. The third kappa shape index (κ3) is 3.58. The first-order valence-electron chi connectivity index (χ1n) is 4.75. The van der Waals surface area contributed by atoms with Crippen molar-refractivity contribution in [2.24, 2.45) is 5.73 Å². The van der Waals surface area contributed by atoms with Crippen LogP contribution in [0.5, 0.6) is 0 Å². The van der Waals surface area contributed by atoms with Crippen LogP contribution in [0.15, 0.2) is 6.20 Å². The summed E-state index contributed by atoms with van der Waals surface area (Å²) in [4.78, 5) is 17.8. The van der Waals surface area contributed by atoms with E-state index in [-0.39, 0.29) is 6.61 Å². The first-order chi connectivity index (χ1) is 7.17. The first-order valence-corrected chi connectivity index (χ1v) is 5.56. The average Bonchev–Trinajstić information content (AvgIpc) is 2.65. The molecule has 0 aromatic carbocycles. The average molecular weight is 229 g/mol. The number of aliphatic hydroxyl groups excluding tert-OH is 1. The molecular weight excluding hydrogens is 214 g/mol.